The average Bonchev–Trinajstić information content (AvgIpc) is 3.37. The minimum Gasteiger partial charge on any atom is -0.352 e. The zero-order valence-electron chi connectivity index (χ0n) is 19.9. The largest absolute Gasteiger partial charge is 0.352 e. The van der Waals surface area contributed by atoms with Crippen LogP contribution in [0.4, 0.5) is 4.39 Å². The van der Waals surface area contributed by atoms with Gasteiger partial charge in [-0.3, -0.25) is 9.59 Å². The third-order valence-electron chi connectivity index (χ3n) is 6.63. The van der Waals surface area contributed by atoms with Crippen LogP contribution in [0.3, 0.4) is 0 Å². The fraction of sp³-hybridized carbons (Fsp3) is 0.310. The summed E-state index contributed by atoms with van der Waals surface area (Å²) in [6.07, 6.45) is 4.26. The Kier molecular flexibility index (Phi) is 9.00. The highest BCUT2D eigenvalue weighted by Crippen LogP contribution is 2.24. The molecule has 0 radical (unpaired) electrons. The normalized spacial score (nSPS) is 14.4. The van der Waals surface area contributed by atoms with Gasteiger partial charge in [-0.1, -0.05) is 90.6 Å². The summed E-state index contributed by atoms with van der Waals surface area (Å²) in [4.78, 5) is 28.9. The second-order valence-electron chi connectivity index (χ2n) is 9.22. The predicted octanol–water partition coefficient (Wildman–Crippen LogP) is 6.37. The number of hydrogen-bond acceptors (Lipinski definition) is 2. The summed E-state index contributed by atoms with van der Waals surface area (Å²) in [5.74, 6) is -0.961. The zero-order valence-corrected chi connectivity index (χ0v) is 21.4. The Morgan fingerprint density at radius 2 is 1.64 bits per heavy atom. The molecule has 0 heterocycles. The molecule has 188 valence electrons. The molecule has 2 amide bonds. The molecule has 4 rings (SSSR count). The van der Waals surface area contributed by atoms with Crippen LogP contribution >= 0.6 is 23.2 Å². The molecule has 1 N–H and O–H groups in total. The summed E-state index contributed by atoms with van der Waals surface area (Å²) in [7, 11) is 0. The quantitative estimate of drug-likeness (QED) is 0.352. The van der Waals surface area contributed by atoms with Gasteiger partial charge in [-0.15, -0.1) is 0 Å². The molecule has 36 heavy (non-hydrogen) atoms. The van der Waals surface area contributed by atoms with Gasteiger partial charge in [-0.2, -0.15) is 0 Å². The smallest absolute Gasteiger partial charge is 0.243 e. The Hall–Kier alpha value is -2.89. The lowest BCUT2D eigenvalue weighted by atomic mass is 10.0. The Morgan fingerprint density at radius 3 is 2.33 bits per heavy atom. The Balaban J connectivity index is 1.68. The van der Waals surface area contributed by atoms with Gasteiger partial charge in [-0.05, 0) is 42.2 Å². The molecule has 7 heteroatoms. The van der Waals surface area contributed by atoms with Crippen LogP contribution < -0.4 is 5.32 Å². The van der Waals surface area contributed by atoms with Crippen molar-refractivity contribution in [2.45, 2.75) is 57.2 Å². The molecular formula is C29H29Cl2FN2O2. The van der Waals surface area contributed by atoms with E-state index in [1.165, 1.54) is 11.0 Å². The molecule has 4 nitrogen and oxygen atoms in total. The molecule has 1 atom stereocenters. The lowest BCUT2D eigenvalue weighted by molar-refractivity contribution is -0.141. The minimum atomic E-state index is -0.814. The standard InChI is InChI=1S/C29H29Cl2FN2O2/c30-23-15-14-21(25(31)18-23)17-28(35)34(19-22-10-4-7-13-26(22)32)27(16-20-8-2-1-3-9-20)29(36)33-24-11-5-6-12-24/h1-4,7-10,13-15,18,24,27H,5-6,11-12,16-17,19H2,(H,33,36). The Morgan fingerprint density at radius 1 is 0.944 bits per heavy atom. The number of carbonyl (C=O) groups excluding carboxylic acids is 2. The summed E-state index contributed by atoms with van der Waals surface area (Å²) >= 11 is 12.4. The second-order valence-corrected chi connectivity index (χ2v) is 10.1. The van der Waals surface area contributed by atoms with E-state index in [9.17, 15) is 14.0 Å². The molecule has 0 aromatic heterocycles. The van der Waals surface area contributed by atoms with Crippen LogP contribution in [0.5, 0.6) is 0 Å². The van der Waals surface area contributed by atoms with Gasteiger partial charge in [0.25, 0.3) is 0 Å². The van der Waals surface area contributed by atoms with Gasteiger partial charge in [0.2, 0.25) is 11.8 Å². The fourth-order valence-electron chi connectivity index (χ4n) is 4.66. The number of rotatable bonds is 9. The molecule has 3 aromatic carbocycles. The minimum absolute atomic E-state index is 0.0353. The van der Waals surface area contributed by atoms with Crippen molar-refractivity contribution in [2.24, 2.45) is 0 Å². The van der Waals surface area contributed by atoms with Gasteiger partial charge < -0.3 is 10.2 Å². The first-order valence-electron chi connectivity index (χ1n) is 12.2. The van der Waals surface area contributed by atoms with E-state index in [0.29, 0.717) is 27.6 Å². The van der Waals surface area contributed by atoms with Gasteiger partial charge in [0.15, 0.2) is 0 Å². The van der Waals surface area contributed by atoms with Crippen molar-refractivity contribution < 1.29 is 14.0 Å². The Bertz CT molecular complexity index is 1200. The molecule has 1 aliphatic carbocycles. The molecule has 0 spiro atoms. The van der Waals surface area contributed by atoms with Gasteiger partial charge in [-0.25, -0.2) is 4.39 Å². The number of carbonyl (C=O) groups is 2. The van der Waals surface area contributed by atoms with Crippen molar-refractivity contribution in [3.63, 3.8) is 0 Å². The predicted molar refractivity (Wildman–Crippen MR) is 141 cm³/mol. The van der Waals surface area contributed by atoms with Crippen LogP contribution in [0.15, 0.2) is 72.8 Å². The van der Waals surface area contributed by atoms with Gasteiger partial charge in [0.05, 0.1) is 6.42 Å². The first kappa shape index (κ1) is 26.2. The molecule has 1 aliphatic rings. The Labute approximate surface area is 221 Å². The SMILES string of the molecule is O=C(NC1CCCC1)C(Cc1ccccc1)N(Cc1ccccc1F)C(=O)Cc1ccc(Cl)cc1Cl. The van der Waals surface area contributed by atoms with E-state index in [1.807, 2.05) is 30.3 Å². The number of benzene rings is 3. The summed E-state index contributed by atoms with van der Waals surface area (Å²) in [6.45, 7) is -0.0354. The van der Waals surface area contributed by atoms with Crippen LogP contribution in [0.2, 0.25) is 10.0 Å². The maximum Gasteiger partial charge on any atom is 0.243 e. The molecular weight excluding hydrogens is 498 g/mol. The lowest BCUT2D eigenvalue weighted by Gasteiger charge is -2.32. The number of halogens is 3. The third kappa shape index (κ3) is 6.86. The molecule has 1 fully saturated rings. The highest BCUT2D eigenvalue weighted by Gasteiger charge is 2.32. The number of hydrogen-bond donors (Lipinski definition) is 1. The lowest BCUT2D eigenvalue weighted by Crippen LogP contribution is -2.52. The topological polar surface area (TPSA) is 49.4 Å². The number of nitrogens with one attached hydrogen (secondary N) is 1. The van der Waals surface area contributed by atoms with Crippen LogP contribution in [0, 0.1) is 5.82 Å². The van der Waals surface area contributed by atoms with Crippen LogP contribution in [0.1, 0.15) is 42.4 Å². The number of amides is 2. The van der Waals surface area contributed by atoms with Crippen molar-refractivity contribution in [1.29, 1.82) is 0 Å². The maximum atomic E-state index is 14.7. The van der Waals surface area contributed by atoms with Gasteiger partial charge >= 0.3 is 0 Å². The van der Waals surface area contributed by atoms with E-state index < -0.39 is 11.9 Å². The third-order valence-corrected chi connectivity index (χ3v) is 7.21. The monoisotopic (exact) mass is 526 g/mol. The molecule has 0 bridgehead atoms. The summed E-state index contributed by atoms with van der Waals surface area (Å²) < 4.78 is 14.7. The maximum absolute atomic E-state index is 14.7. The van der Waals surface area contributed by atoms with Crippen LogP contribution in [-0.2, 0) is 29.0 Å². The summed E-state index contributed by atoms with van der Waals surface area (Å²) in [5, 5.41) is 3.99. The first-order valence-corrected chi connectivity index (χ1v) is 13.0. The molecule has 1 saturated carbocycles. The number of nitrogens with zero attached hydrogens (tertiary/aromatic N) is 1. The molecule has 0 saturated heterocycles. The fourth-order valence-corrected chi connectivity index (χ4v) is 5.14. The molecule has 0 aliphatic heterocycles. The van der Waals surface area contributed by atoms with Gasteiger partial charge in [0, 0.05) is 34.6 Å². The summed E-state index contributed by atoms with van der Waals surface area (Å²) in [6, 6.07) is 20.1. The summed E-state index contributed by atoms with van der Waals surface area (Å²) in [5.41, 5.74) is 1.86. The van der Waals surface area contributed by atoms with Gasteiger partial charge in [0.1, 0.15) is 11.9 Å². The van der Waals surface area contributed by atoms with Crippen LogP contribution in [0.25, 0.3) is 0 Å². The van der Waals surface area contributed by atoms with Crippen molar-refractivity contribution >= 4 is 35.0 Å². The van der Waals surface area contributed by atoms with E-state index in [2.05, 4.69) is 5.32 Å². The van der Waals surface area contributed by atoms with Crippen molar-refractivity contribution in [3.05, 3.63) is 105 Å². The first-order chi connectivity index (χ1) is 17.4. The molecule has 1 unspecified atom stereocenters. The highest BCUT2D eigenvalue weighted by molar-refractivity contribution is 6.35. The molecule has 3 aromatic rings. The van der Waals surface area contributed by atoms with E-state index in [-0.39, 0.29) is 30.8 Å². The van der Waals surface area contributed by atoms with Crippen molar-refractivity contribution in [3.8, 4) is 0 Å². The second kappa shape index (κ2) is 12.4. The van der Waals surface area contributed by atoms with Crippen molar-refractivity contribution in [1.82, 2.24) is 10.2 Å². The van der Waals surface area contributed by atoms with E-state index in [4.69, 9.17) is 23.2 Å². The average molecular weight is 527 g/mol. The van der Waals surface area contributed by atoms with E-state index >= 15 is 0 Å². The van der Waals surface area contributed by atoms with Crippen molar-refractivity contribution in [2.75, 3.05) is 0 Å². The highest BCUT2D eigenvalue weighted by atomic mass is 35.5. The van der Waals surface area contributed by atoms with Crippen LogP contribution in [-0.4, -0.2) is 28.8 Å². The van der Waals surface area contributed by atoms with E-state index in [0.717, 1.165) is 31.2 Å². The van der Waals surface area contributed by atoms with E-state index in [1.54, 1.807) is 36.4 Å². The zero-order chi connectivity index (χ0) is 25.5.